The van der Waals surface area contributed by atoms with Crippen LogP contribution in [0.5, 0.6) is 0 Å². The highest BCUT2D eigenvalue weighted by Gasteiger charge is 2.74. The van der Waals surface area contributed by atoms with Crippen molar-refractivity contribution in [3.05, 3.63) is 0 Å². The third-order valence-corrected chi connectivity index (χ3v) is 3.05. The molecule has 0 radical (unpaired) electrons. The Morgan fingerprint density at radius 1 is 0.737 bits per heavy atom. The summed E-state index contributed by atoms with van der Waals surface area (Å²) in [5.74, 6) is -6.29. The zero-order valence-corrected chi connectivity index (χ0v) is 9.90. The molecule has 0 aliphatic rings. The molecule has 116 valence electrons. The second-order valence-electron chi connectivity index (χ2n) is 3.23. The van der Waals surface area contributed by atoms with E-state index in [9.17, 15) is 43.9 Å². The van der Waals surface area contributed by atoms with Gasteiger partial charge in [-0.25, -0.2) is 4.31 Å². The molecular formula is C6H6F10N2S. The van der Waals surface area contributed by atoms with Gasteiger partial charge >= 0.3 is 23.7 Å². The van der Waals surface area contributed by atoms with Crippen molar-refractivity contribution in [3.63, 3.8) is 0 Å². The minimum Gasteiger partial charge on any atom is -0.241 e. The zero-order valence-electron chi connectivity index (χ0n) is 9.08. The molecule has 0 fully saturated rings. The number of rotatable bonds is 2. The first-order valence-electron chi connectivity index (χ1n) is 4.08. The SMILES string of the molecule is CN(C)S(=NC(F)(C(F)(F)F)C(F)(F)F)C(F)(F)F. The quantitative estimate of drug-likeness (QED) is 0.559. The molecule has 1 unspecified atom stereocenters. The Kier molecular flexibility index (Phi) is 4.91. The lowest BCUT2D eigenvalue weighted by Crippen LogP contribution is -2.53. The fourth-order valence-corrected chi connectivity index (χ4v) is 1.85. The predicted octanol–water partition coefficient (Wildman–Crippen LogP) is 3.58. The zero-order chi connectivity index (χ0) is 15.9. The molecule has 0 aliphatic carbocycles. The molecule has 0 saturated heterocycles. The van der Waals surface area contributed by atoms with Gasteiger partial charge in [0.25, 0.3) is 0 Å². The van der Waals surface area contributed by atoms with E-state index in [1.165, 1.54) is 4.36 Å². The van der Waals surface area contributed by atoms with E-state index in [-0.39, 0.29) is 4.31 Å². The fraction of sp³-hybridized carbons (Fsp3) is 1.00. The summed E-state index contributed by atoms with van der Waals surface area (Å²) in [6.45, 7) is 0. The van der Waals surface area contributed by atoms with Crippen molar-refractivity contribution >= 4 is 10.9 Å². The molecule has 19 heavy (non-hydrogen) atoms. The van der Waals surface area contributed by atoms with Crippen molar-refractivity contribution in [2.45, 2.75) is 23.7 Å². The van der Waals surface area contributed by atoms with Crippen molar-refractivity contribution in [3.8, 4) is 0 Å². The van der Waals surface area contributed by atoms with Crippen LogP contribution in [0.25, 0.3) is 0 Å². The van der Waals surface area contributed by atoms with Crippen molar-refractivity contribution in [2.24, 2.45) is 4.36 Å². The summed E-state index contributed by atoms with van der Waals surface area (Å²) >= 11 is 0. The van der Waals surface area contributed by atoms with Gasteiger partial charge in [-0.2, -0.15) is 48.3 Å². The maximum Gasteiger partial charge on any atom is 0.466 e. The smallest absolute Gasteiger partial charge is 0.241 e. The Morgan fingerprint density at radius 3 is 1.21 bits per heavy atom. The Morgan fingerprint density at radius 2 is 1.05 bits per heavy atom. The van der Waals surface area contributed by atoms with Gasteiger partial charge in [-0.3, -0.25) is 0 Å². The standard InChI is InChI=1S/C6H6F10N2S/c1-18(2)19(6(14,15)16)17-3(7,4(8,9)10)5(11,12)13/h1-2H3. The third kappa shape index (κ3) is 3.94. The number of halogens is 10. The van der Waals surface area contributed by atoms with Crippen molar-refractivity contribution in [1.82, 2.24) is 4.31 Å². The van der Waals surface area contributed by atoms with E-state index in [1.54, 1.807) is 0 Å². The third-order valence-electron chi connectivity index (χ3n) is 1.52. The van der Waals surface area contributed by atoms with Crippen LogP contribution in [-0.2, 0) is 10.9 Å². The highest BCUT2D eigenvalue weighted by atomic mass is 32.2. The molecule has 1 atom stereocenters. The van der Waals surface area contributed by atoms with Gasteiger partial charge in [-0.15, -0.1) is 0 Å². The van der Waals surface area contributed by atoms with E-state index >= 15 is 0 Å². The molecule has 0 aliphatic heterocycles. The fourth-order valence-electron chi connectivity index (χ4n) is 0.724. The summed E-state index contributed by atoms with van der Waals surface area (Å²) in [6, 6.07) is 0. The molecular weight excluding hydrogens is 322 g/mol. The van der Waals surface area contributed by atoms with Crippen LogP contribution in [0.15, 0.2) is 4.36 Å². The Labute approximate surface area is 102 Å². The molecule has 0 aromatic heterocycles. The van der Waals surface area contributed by atoms with E-state index < -0.39 is 34.5 Å². The summed E-state index contributed by atoms with van der Waals surface area (Å²) in [5, 5.41) is 0. The van der Waals surface area contributed by atoms with Crippen molar-refractivity contribution in [2.75, 3.05) is 14.1 Å². The summed E-state index contributed by atoms with van der Waals surface area (Å²) in [6.07, 6.45) is -13.3. The number of nitrogens with zero attached hydrogens (tertiary/aromatic N) is 2. The average molecular weight is 328 g/mol. The monoisotopic (exact) mass is 328 g/mol. The number of hydrogen-bond acceptors (Lipinski definition) is 1. The topological polar surface area (TPSA) is 15.6 Å². The lowest BCUT2D eigenvalue weighted by atomic mass is 10.2. The first-order chi connectivity index (χ1) is 8.04. The molecule has 0 amide bonds. The molecule has 0 aromatic rings. The van der Waals surface area contributed by atoms with Crippen LogP contribution in [0.2, 0.25) is 0 Å². The van der Waals surface area contributed by atoms with Crippen LogP contribution in [-0.4, -0.2) is 42.1 Å². The van der Waals surface area contributed by atoms with Crippen LogP contribution >= 0.6 is 0 Å². The lowest BCUT2D eigenvalue weighted by molar-refractivity contribution is -0.337. The molecule has 0 rings (SSSR count). The average Bonchev–Trinajstić information content (AvgIpc) is 2.07. The normalized spacial score (nSPS) is 17.1. The van der Waals surface area contributed by atoms with Crippen LogP contribution in [0, 0.1) is 0 Å². The predicted molar refractivity (Wildman–Crippen MR) is 45.5 cm³/mol. The van der Waals surface area contributed by atoms with Gasteiger partial charge in [0.15, 0.2) is 0 Å². The van der Waals surface area contributed by atoms with Gasteiger partial charge in [0.2, 0.25) is 0 Å². The van der Waals surface area contributed by atoms with Gasteiger partial charge in [-0.1, -0.05) is 0 Å². The molecule has 2 nitrogen and oxygen atoms in total. The van der Waals surface area contributed by atoms with Crippen LogP contribution in [0.3, 0.4) is 0 Å². The summed E-state index contributed by atoms with van der Waals surface area (Å²) in [4.78, 5) is 0. The first-order valence-corrected chi connectivity index (χ1v) is 5.22. The van der Waals surface area contributed by atoms with Gasteiger partial charge < -0.3 is 0 Å². The molecule has 0 N–H and O–H groups in total. The maximum atomic E-state index is 13.0. The maximum absolute atomic E-state index is 13.0. The molecule has 13 heteroatoms. The highest BCUT2D eigenvalue weighted by Crippen LogP contribution is 2.48. The molecule has 0 aromatic carbocycles. The van der Waals surface area contributed by atoms with E-state index in [1.807, 2.05) is 0 Å². The molecule has 0 saturated carbocycles. The van der Waals surface area contributed by atoms with E-state index in [2.05, 4.69) is 0 Å². The van der Waals surface area contributed by atoms with Crippen molar-refractivity contribution < 1.29 is 43.9 Å². The minimum absolute atomic E-state index is 0.0915. The Hall–Kier alpha value is -0.590. The summed E-state index contributed by atoms with van der Waals surface area (Å²) in [5.41, 5.74) is -5.57. The van der Waals surface area contributed by atoms with Crippen LogP contribution in [0.4, 0.5) is 43.9 Å². The van der Waals surface area contributed by atoms with E-state index in [4.69, 9.17) is 0 Å². The van der Waals surface area contributed by atoms with Gasteiger partial charge in [0.05, 0.1) is 10.9 Å². The lowest BCUT2D eigenvalue weighted by Gasteiger charge is -2.28. The number of alkyl halides is 10. The largest absolute Gasteiger partial charge is 0.466 e. The Bertz CT molecular complexity index is 337. The van der Waals surface area contributed by atoms with Gasteiger partial charge in [0.1, 0.15) is 0 Å². The van der Waals surface area contributed by atoms with Crippen LogP contribution in [0.1, 0.15) is 0 Å². The Balaban J connectivity index is 6.08. The second-order valence-corrected chi connectivity index (χ2v) is 5.14. The second kappa shape index (κ2) is 5.07. The molecule has 0 spiro atoms. The minimum atomic E-state index is -6.66. The molecule has 0 bridgehead atoms. The van der Waals surface area contributed by atoms with Crippen molar-refractivity contribution in [1.29, 1.82) is 0 Å². The summed E-state index contributed by atoms with van der Waals surface area (Å²) < 4.78 is 123. The van der Waals surface area contributed by atoms with Gasteiger partial charge in [-0.05, 0) is 14.1 Å². The number of hydrogen-bond donors (Lipinski definition) is 0. The van der Waals surface area contributed by atoms with Crippen LogP contribution < -0.4 is 0 Å². The first kappa shape index (κ1) is 18.4. The van der Waals surface area contributed by atoms with E-state index in [0.717, 1.165) is 0 Å². The van der Waals surface area contributed by atoms with Gasteiger partial charge in [0, 0.05) is 0 Å². The highest BCUT2D eigenvalue weighted by molar-refractivity contribution is 7.85. The van der Waals surface area contributed by atoms with E-state index in [0.29, 0.717) is 14.1 Å². The molecule has 0 heterocycles. The summed E-state index contributed by atoms with van der Waals surface area (Å²) in [7, 11) is -2.87.